The van der Waals surface area contributed by atoms with E-state index in [9.17, 15) is 0 Å². The van der Waals surface area contributed by atoms with Gasteiger partial charge in [-0.3, -0.25) is 0 Å². The van der Waals surface area contributed by atoms with Gasteiger partial charge in [-0.15, -0.1) is 0 Å². The van der Waals surface area contributed by atoms with E-state index in [0.29, 0.717) is 23.0 Å². The molecule has 26 heavy (non-hydrogen) atoms. The van der Waals surface area contributed by atoms with Gasteiger partial charge in [-0.05, 0) is 42.8 Å². The minimum absolute atomic E-state index is 0.145. The Morgan fingerprint density at radius 2 is 1.54 bits per heavy atom. The summed E-state index contributed by atoms with van der Waals surface area (Å²) in [5.41, 5.74) is 3.99. The Labute approximate surface area is 152 Å². The molecule has 0 aliphatic rings. The molecule has 6 nitrogen and oxygen atoms in total. The number of hydrogen-bond donors (Lipinski definition) is 1. The fraction of sp³-hybridized carbons (Fsp3) is 0.300. The van der Waals surface area contributed by atoms with E-state index >= 15 is 0 Å². The van der Waals surface area contributed by atoms with E-state index in [2.05, 4.69) is 4.98 Å². The van der Waals surface area contributed by atoms with Gasteiger partial charge in [0.1, 0.15) is 0 Å². The van der Waals surface area contributed by atoms with E-state index in [1.807, 2.05) is 37.3 Å². The van der Waals surface area contributed by atoms with E-state index < -0.39 is 0 Å². The van der Waals surface area contributed by atoms with Crippen molar-refractivity contribution in [2.24, 2.45) is 0 Å². The zero-order valence-electron chi connectivity index (χ0n) is 15.6. The third-order valence-electron chi connectivity index (χ3n) is 4.34. The van der Waals surface area contributed by atoms with Gasteiger partial charge in [0.2, 0.25) is 0 Å². The molecule has 3 rings (SSSR count). The van der Waals surface area contributed by atoms with Crippen molar-refractivity contribution in [3.8, 4) is 34.3 Å². The first-order valence-electron chi connectivity index (χ1n) is 8.18. The standard InChI is InChI=1S/C20H23NO5/c1-12-18-14(7-9-16(24-4)20(18)26-11-22-2)21-19(12)13-6-8-15(23-3)17(10-13)25-5/h6-10,21H,11H2,1-5H3. The summed E-state index contributed by atoms with van der Waals surface area (Å²) in [6.07, 6.45) is 0. The Morgan fingerprint density at radius 1 is 0.846 bits per heavy atom. The van der Waals surface area contributed by atoms with Crippen molar-refractivity contribution in [1.29, 1.82) is 0 Å². The molecule has 2 aromatic carbocycles. The van der Waals surface area contributed by atoms with Gasteiger partial charge in [-0.25, -0.2) is 0 Å². The summed E-state index contributed by atoms with van der Waals surface area (Å²) in [4.78, 5) is 3.46. The Bertz CT molecular complexity index is 916. The molecule has 0 unspecified atom stereocenters. The summed E-state index contributed by atoms with van der Waals surface area (Å²) in [7, 11) is 6.46. The number of aromatic nitrogens is 1. The van der Waals surface area contributed by atoms with E-state index in [-0.39, 0.29) is 6.79 Å². The Kier molecular flexibility index (Phi) is 5.23. The molecule has 0 saturated heterocycles. The maximum atomic E-state index is 5.79. The molecule has 3 aromatic rings. The highest BCUT2D eigenvalue weighted by molar-refractivity contribution is 5.97. The lowest BCUT2D eigenvalue weighted by Gasteiger charge is -2.12. The Hall–Kier alpha value is -2.86. The number of aromatic amines is 1. The summed E-state index contributed by atoms with van der Waals surface area (Å²) in [5.74, 6) is 2.69. The summed E-state index contributed by atoms with van der Waals surface area (Å²) in [5, 5.41) is 0.964. The van der Waals surface area contributed by atoms with Gasteiger partial charge in [0.25, 0.3) is 0 Å². The van der Waals surface area contributed by atoms with Gasteiger partial charge in [0.15, 0.2) is 29.8 Å². The molecule has 1 aromatic heterocycles. The normalized spacial score (nSPS) is 10.8. The van der Waals surface area contributed by atoms with Crippen LogP contribution in [-0.2, 0) is 4.74 Å². The Morgan fingerprint density at radius 3 is 2.19 bits per heavy atom. The van der Waals surface area contributed by atoms with Gasteiger partial charge in [0.05, 0.1) is 26.8 Å². The van der Waals surface area contributed by atoms with Crippen LogP contribution in [-0.4, -0.2) is 40.2 Å². The number of fused-ring (bicyclic) bond motifs is 1. The van der Waals surface area contributed by atoms with Crippen LogP contribution in [0.1, 0.15) is 5.56 Å². The minimum atomic E-state index is 0.145. The number of ether oxygens (including phenoxy) is 5. The summed E-state index contributed by atoms with van der Waals surface area (Å²) >= 11 is 0. The average molecular weight is 357 g/mol. The second kappa shape index (κ2) is 7.58. The predicted molar refractivity (Wildman–Crippen MR) is 101 cm³/mol. The van der Waals surface area contributed by atoms with E-state index in [0.717, 1.165) is 27.7 Å². The van der Waals surface area contributed by atoms with Crippen LogP contribution in [0, 0.1) is 6.92 Å². The number of H-pyrrole nitrogens is 1. The second-order valence-corrected chi connectivity index (χ2v) is 5.77. The number of nitrogens with one attached hydrogen (secondary N) is 1. The lowest BCUT2D eigenvalue weighted by Crippen LogP contribution is -2.01. The smallest absolute Gasteiger partial charge is 0.188 e. The number of methoxy groups -OCH3 is 4. The molecule has 138 valence electrons. The SMILES string of the molecule is COCOc1c(OC)ccc2[nH]c(-c3ccc(OC)c(OC)c3)c(C)c12. The number of aryl methyl sites for hydroxylation is 1. The highest BCUT2D eigenvalue weighted by atomic mass is 16.7. The number of benzene rings is 2. The first-order chi connectivity index (χ1) is 12.6. The van der Waals surface area contributed by atoms with Gasteiger partial charge in [-0.2, -0.15) is 0 Å². The molecule has 0 aliphatic carbocycles. The topological polar surface area (TPSA) is 61.9 Å². The van der Waals surface area contributed by atoms with E-state index in [1.54, 1.807) is 28.4 Å². The van der Waals surface area contributed by atoms with Crippen LogP contribution in [0.4, 0.5) is 0 Å². The summed E-state index contributed by atoms with van der Waals surface area (Å²) < 4.78 is 27.1. The van der Waals surface area contributed by atoms with Crippen molar-refractivity contribution in [3.63, 3.8) is 0 Å². The fourth-order valence-electron chi connectivity index (χ4n) is 3.10. The maximum Gasteiger partial charge on any atom is 0.188 e. The first-order valence-corrected chi connectivity index (χ1v) is 8.18. The third-order valence-corrected chi connectivity index (χ3v) is 4.34. The summed E-state index contributed by atoms with van der Waals surface area (Å²) in [6, 6.07) is 9.68. The van der Waals surface area contributed by atoms with Crippen molar-refractivity contribution in [2.45, 2.75) is 6.92 Å². The van der Waals surface area contributed by atoms with Crippen LogP contribution in [0.2, 0.25) is 0 Å². The van der Waals surface area contributed by atoms with Crippen molar-refractivity contribution in [2.75, 3.05) is 35.2 Å². The van der Waals surface area contributed by atoms with Crippen LogP contribution >= 0.6 is 0 Å². The monoisotopic (exact) mass is 357 g/mol. The highest BCUT2D eigenvalue weighted by Gasteiger charge is 2.18. The zero-order valence-corrected chi connectivity index (χ0v) is 15.6. The molecular formula is C20H23NO5. The maximum absolute atomic E-state index is 5.79. The molecule has 1 N–H and O–H groups in total. The van der Waals surface area contributed by atoms with Crippen molar-refractivity contribution < 1.29 is 23.7 Å². The van der Waals surface area contributed by atoms with Crippen LogP contribution < -0.4 is 18.9 Å². The summed E-state index contributed by atoms with van der Waals surface area (Å²) in [6.45, 7) is 2.19. The van der Waals surface area contributed by atoms with Crippen molar-refractivity contribution >= 4 is 10.9 Å². The lowest BCUT2D eigenvalue weighted by atomic mass is 10.1. The molecule has 0 saturated carbocycles. The van der Waals surface area contributed by atoms with Crippen molar-refractivity contribution in [3.05, 3.63) is 35.9 Å². The van der Waals surface area contributed by atoms with Gasteiger partial charge >= 0.3 is 0 Å². The third kappa shape index (κ3) is 3.04. The minimum Gasteiger partial charge on any atom is -0.493 e. The molecule has 6 heteroatoms. The van der Waals surface area contributed by atoms with Gasteiger partial charge < -0.3 is 28.7 Å². The fourth-order valence-corrected chi connectivity index (χ4v) is 3.10. The molecule has 1 heterocycles. The van der Waals surface area contributed by atoms with Crippen LogP contribution in [0.3, 0.4) is 0 Å². The average Bonchev–Trinajstić information content (AvgIpc) is 3.02. The first kappa shape index (κ1) is 17.9. The predicted octanol–water partition coefficient (Wildman–Crippen LogP) is 4.15. The molecule has 0 bridgehead atoms. The molecular weight excluding hydrogens is 334 g/mol. The largest absolute Gasteiger partial charge is 0.493 e. The van der Waals surface area contributed by atoms with Crippen LogP contribution in [0.25, 0.3) is 22.2 Å². The highest BCUT2D eigenvalue weighted by Crippen LogP contribution is 2.42. The second-order valence-electron chi connectivity index (χ2n) is 5.77. The van der Waals surface area contributed by atoms with E-state index in [4.69, 9.17) is 23.7 Å². The van der Waals surface area contributed by atoms with Crippen LogP contribution in [0.15, 0.2) is 30.3 Å². The quantitative estimate of drug-likeness (QED) is 0.644. The van der Waals surface area contributed by atoms with Gasteiger partial charge in [0, 0.05) is 23.8 Å². The molecule has 0 fully saturated rings. The van der Waals surface area contributed by atoms with E-state index in [1.165, 1.54) is 0 Å². The molecule has 0 amide bonds. The lowest BCUT2D eigenvalue weighted by molar-refractivity contribution is 0.0503. The molecule has 0 radical (unpaired) electrons. The van der Waals surface area contributed by atoms with Crippen LogP contribution in [0.5, 0.6) is 23.0 Å². The van der Waals surface area contributed by atoms with Crippen molar-refractivity contribution in [1.82, 2.24) is 4.98 Å². The number of rotatable bonds is 7. The zero-order chi connectivity index (χ0) is 18.7. The molecule has 0 atom stereocenters. The van der Waals surface area contributed by atoms with Gasteiger partial charge in [-0.1, -0.05) is 0 Å². The molecule has 0 aliphatic heterocycles. The number of hydrogen-bond acceptors (Lipinski definition) is 5. The molecule has 0 spiro atoms. The Balaban J connectivity index is 2.18.